The third-order valence-electron chi connectivity index (χ3n) is 2.80. The Morgan fingerprint density at radius 3 is 2.31 bits per heavy atom. The average Bonchev–Trinajstić information content (AvgIpc) is 2.33. The Kier molecular flexibility index (Phi) is 3.25. The van der Waals surface area contributed by atoms with Gasteiger partial charge in [-0.05, 0) is 29.2 Å². The molecule has 1 N–H and O–H groups in total. The number of phenolic OH excluding ortho intramolecular Hbond substituents is 1. The minimum absolute atomic E-state index is 0.406. The summed E-state index contributed by atoms with van der Waals surface area (Å²) in [6.07, 6.45) is 1.75. The molecule has 0 aliphatic rings. The van der Waals surface area contributed by atoms with Crippen LogP contribution in [0.2, 0.25) is 0 Å². The highest BCUT2D eigenvalue weighted by Gasteiger charge is 2.02. The van der Waals surface area contributed by atoms with E-state index in [0.717, 1.165) is 18.4 Å². The largest absolute Gasteiger partial charge is 0.508 e. The number of benzene rings is 2. The molecule has 2 aromatic carbocycles. The van der Waals surface area contributed by atoms with Gasteiger partial charge < -0.3 is 5.11 Å². The molecule has 0 bridgehead atoms. The van der Waals surface area contributed by atoms with Crippen LogP contribution in [0.5, 0.6) is 5.75 Å². The Hall–Kier alpha value is -1.76. The van der Waals surface area contributed by atoms with Gasteiger partial charge in [0, 0.05) is 6.42 Å². The number of aryl methyl sites for hydroxylation is 1. The molecular weight excluding hydrogens is 196 g/mol. The summed E-state index contributed by atoms with van der Waals surface area (Å²) >= 11 is 0. The molecule has 0 amide bonds. The van der Waals surface area contributed by atoms with Crippen LogP contribution in [0.15, 0.2) is 48.5 Å². The van der Waals surface area contributed by atoms with Crippen molar-refractivity contribution < 1.29 is 5.11 Å². The van der Waals surface area contributed by atoms with E-state index < -0.39 is 0 Å². The van der Waals surface area contributed by atoms with Crippen molar-refractivity contribution in [2.75, 3.05) is 0 Å². The number of rotatable bonds is 3. The van der Waals surface area contributed by atoms with Gasteiger partial charge in [-0.15, -0.1) is 0 Å². The molecule has 0 radical (unpaired) electrons. The van der Waals surface area contributed by atoms with E-state index >= 15 is 0 Å². The molecule has 0 heterocycles. The van der Waals surface area contributed by atoms with Crippen molar-refractivity contribution in [1.82, 2.24) is 0 Å². The van der Waals surface area contributed by atoms with E-state index in [-0.39, 0.29) is 0 Å². The lowest BCUT2D eigenvalue weighted by Crippen LogP contribution is -1.90. The van der Waals surface area contributed by atoms with Crippen LogP contribution in [-0.4, -0.2) is 5.11 Å². The topological polar surface area (TPSA) is 20.2 Å². The van der Waals surface area contributed by atoms with Gasteiger partial charge in [-0.2, -0.15) is 0 Å². The van der Waals surface area contributed by atoms with Crippen LogP contribution >= 0.6 is 0 Å². The molecule has 0 aliphatic carbocycles. The number of aromatic hydroxyl groups is 1. The maximum atomic E-state index is 9.88. The molecule has 2 rings (SSSR count). The van der Waals surface area contributed by atoms with Gasteiger partial charge in [0.25, 0.3) is 0 Å². The summed E-state index contributed by atoms with van der Waals surface area (Å²) < 4.78 is 0. The van der Waals surface area contributed by atoms with Crippen LogP contribution in [0, 0.1) is 0 Å². The maximum Gasteiger partial charge on any atom is 0.119 e. The first-order valence-electron chi connectivity index (χ1n) is 5.64. The van der Waals surface area contributed by atoms with Gasteiger partial charge in [-0.3, -0.25) is 0 Å². The van der Waals surface area contributed by atoms with E-state index in [2.05, 4.69) is 25.1 Å². The summed E-state index contributed by atoms with van der Waals surface area (Å²) in [5.41, 5.74) is 3.39. The highest BCUT2D eigenvalue weighted by Crippen LogP contribution is 2.22. The van der Waals surface area contributed by atoms with Crippen molar-refractivity contribution in [2.45, 2.75) is 19.8 Å². The number of phenols is 1. The first kappa shape index (κ1) is 10.7. The summed E-state index contributed by atoms with van der Waals surface area (Å²) in [6, 6.07) is 16.2. The van der Waals surface area contributed by atoms with E-state index in [4.69, 9.17) is 0 Å². The first-order chi connectivity index (χ1) is 7.79. The zero-order chi connectivity index (χ0) is 11.4. The van der Waals surface area contributed by atoms with Gasteiger partial charge in [-0.25, -0.2) is 0 Å². The Balaban J connectivity index is 2.22. The lowest BCUT2D eigenvalue weighted by Gasteiger charge is -2.06. The zero-order valence-corrected chi connectivity index (χ0v) is 9.48. The normalized spacial score (nSPS) is 10.3. The molecule has 2 aromatic rings. The summed E-state index contributed by atoms with van der Waals surface area (Å²) in [5, 5.41) is 9.88. The number of hydrogen-bond acceptors (Lipinski definition) is 1. The third kappa shape index (κ3) is 2.43. The monoisotopic (exact) mass is 212 g/mol. The molecule has 0 fully saturated rings. The van der Waals surface area contributed by atoms with E-state index in [9.17, 15) is 5.11 Å². The average molecular weight is 212 g/mol. The number of hydrogen-bond donors (Lipinski definition) is 1. The summed E-state index contributed by atoms with van der Waals surface area (Å²) in [6.45, 7) is 2.09. The first-order valence-corrected chi connectivity index (χ1v) is 5.64. The van der Waals surface area contributed by atoms with Gasteiger partial charge in [0.15, 0.2) is 0 Å². The molecule has 0 unspecified atom stereocenters. The molecule has 0 spiro atoms. The highest BCUT2D eigenvalue weighted by atomic mass is 16.3. The van der Waals surface area contributed by atoms with E-state index in [1.807, 2.05) is 30.3 Å². The SMILES string of the molecule is CCc1ccc(Cc2ccccc2)c(O)c1. The Bertz CT molecular complexity index is 460. The molecule has 16 heavy (non-hydrogen) atoms. The molecule has 0 saturated heterocycles. The molecular formula is C15H16O. The van der Waals surface area contributed by atoms with Gasteiger partial charge in [0.1, 0.15) is 5.75 Å². The molecule has 0 atom stereocenters. The van der Waals surface area contributed by atoms with Crippen LogP contribution in [0.3, 0.4) is 0 Å². The molecule has 0 aromatic heterocycles. The van der Waals surface area contributed by atoms with Crippen molar-refractivity contribution in [3.05, 3.63) is 65.2 Å². The summed E-state index contributed by atoms with van der Waals surface area (Å²) in [5.74, 6) is 0.406. The Labute approximate surface area is 96.4 Å². The fourth-order valence-electron chi connectivity index (χ4n) is 1.79. The van der Waals surface area contributed by atoms with E-state index in [1.165, 1.54) is 11.1 Å². The summed E-state index contributed by atoms with van der Waals surface area (Å²) in [4.78, 5) is 0. The predicted molar refractivity (Wildman–Crippen MR) is 66.7 cm³/mol. The predicted octanol–water partition coefficient (Wildman–Crippen LogP) is 3.55. The second-order valence-electron chi connectivity index (χ2n) is 3.98. The summed E-state index contributed by atoms with van der Waals surface area (Å²) in [7, 11) is 0. The Morgan fingerprint density at radius 1 is 0.938 bits per heavy atom. The third-order valence-corrected chi connectivity index (χ3v) is 2.80. The molecule has 0 aliphatic heterocycles. The van der Waals surface area contributed by atoms with Crippen LogP contribution in [0.1, 0.15) is 23.6 Å². The smallest absolute Gasteiger partial charge is 0.119 e. The maximum absolute atomic E-state index is 9.88. The van der Waals surface area contributed by atoms with Crippen molar-refractivity contribution in [1.29, 1.82) is 0 Å². The molecule has 0 saturated carbocycles. The van der Waals surface area contributed by atoms with Crippen molar-refractivity contribution in [3.8, 4) is 5.75 Å². The van der Waals surface area contributed by atoms with Crippen molar-refractivity contribution in [3.63, 3.8) is 0 Å². The van der Waals surface area contributed by atoms with Crippen LogP contribution in [0.4, 0.5) is 0 Å². The van der Waals surface area contributed by atoms with Crippen LogP contribution in [-0.2, 0) is 12.8 Å². The lowest BCUT2D eigenvalue weighted by atomic mass is 10.0. The fraction of sp³-hybridized carbons (Fsp3) is 0.200. The van der Waals surface area contributed by atoms with Gasteiger partial charge in [0.05, 0.1) is 0 Å². The zero-order valence-electron chi connectivity index (χ0n) is 9.48. The van der Waals surface area contributed by atoms with Gasteiger partial charge in [0.2, 0.25) is 0 Å². The van der Waals surface area contributed by atoms with Gasteiger partial charge in [-0.1, -0.05) is 49.4 Å². The minimum Gasteiger partial charge on any atom is -0.508 e. The van der Waals surface area contributed by atoms with Crippen LogP contribution in [0.25, 0.3) is 0 Å². The van der Waals surface area contributed by atoms with E-state index in [0.29, 0.717) is 5.75 Å². The molecule has 1 nitrogen and oxygen atoms in total. The molecule has 82 valence electrons. The van der Waals surface area contributed by atoms with Crippen molar-refractivity contribution >= 4 is 0 Å². The van der Waals surface area contributed by atoms with Crippen LogP contribution < -0.4 is 0 Å². The fourth-order valence-corrected chi connectivity index (χ4v) is 1.79. The molecule has 1 heteroatoms. The Morgan fingerprint density at radius 2 is 1.69 bits per heavy atom. The second kappa shape index (κ2) is 4.84. The second-order valence-corrected chi connectivity index (χ2v) is 3.98. The lowest BCUT2D eigenvalue weighted by molar-refractivity contribution is 0.468. The van der Waals surface area contributed by atoms with Crippen molar-refractivity contribution in [2.24, 2.45) is 0 Å². The van der Waals surface area contributed by atoms with Gasteiger partial charge >= 0.3 is 0 Å². The highest BCUT2D eigenvalue weighted by molar-refractivity contribution is 5.39. The quantitative estimate of drug-likeness (QED) is 0.825. The minimum atomic E-state index is 0.406. The standard InChI is InChI=1S/C15H16O/c1-2-12-8-9-14(15(16)11-12)10-13-6-4-3-5-7-13/h3-9,11,16H,2,10H2,1H3. The van der Waals surface area contributed by atoms with E-state index in [1.54, 1.807) is 0 Å².